The molecule has 1 amide bonds. The number of hydrogen-bond acceptors (Lipinski definition) is 5. The molecule has 0 aliphatic carbocycles. The minimum Gasteiger partial charge on any atom is -0.497 e. The predicted molar refractivity (Wildman–Crippen MR) is 125 cm³/mol. The second-order valence-electron chi connectivity index (χ2n) is 7.29. The largest absolute Gasteiger partial charge is 0.497 e. The van der Waals surface area contributed by atoms with Crippen molar-refractivity contribution >= 4 is 33.5 Å². The van der Waals surface area contributed by atoms with Gasteiger partial charge in [-0.1, -0.05) is 46.3 Å². The number of rotatable bonds is 5. The first-order valence-corrected chi connectivity index (χ1v) is 10.8. The zero-order chi connectivity index (χ0) is 22.7. The maximum Gasteiger partial charge on any atom is 0.308 e. The Bertz CT molecular complexity index is 1180. The monoisotopic (exact) mass is 492 g/mol. The van der Waals surface area contributed by atoms with Gasteiger partial charge >= 0.3 is 5.97 Å². The van der Waals surface area contributed by atoms with Gasteiger partial charge in [0.1, 0.15) is 11.5 Å². The van der Waals surface area contributed by atoms with E-state index in [9.17, 15) is 9.59 Å². The van der Waals surface area contributed by atoms with Crippen molar-refractivity contribution in [3.05, 3.63) is 94.0 Å². The lowest BCUT2D eigenvalue weighted by Crippen LogP contribution is -2.27. The minimum absolute atomic E-state index is 0.198. The third-order valence-corrected chi connectivity index (χ3v) is 5.68. The van der Waals surface area contributed by atoms with E-state index < -0.39 is 5.97 Å². The van der Waals surface area contributed by atoms with Gasteiger partial charge < -0.3 is 9.47 Å². The van der Waals surface area contributed by atoms with Gasteiger partial charge in [-0.15, -0.1) is 0 Å². The molecule has 0 spiro atoms. The van der Waals surface area contributed by atoms with E-state index in [1.165, 1.54) is 11.9 Å². The lowest BCUT2D eigenvalue weighted by atomic mass is 9.97. The smallest absolute Gasteiger partial charge is 0.308 e. The molecule has 1 atom stereocenters. The molecule has 1 aliphatic heterocycles. The van der Waals surface area contributed by atoms with E-state index in [1.807, 2.05) is 42.5 Å². The van der Waals surface area contributed by atoms with E-state index >= 15 is 0 Å². The van der Waals surface area contributed by atoms with Crippen LogP contribution in [-0.4, -0.2) is 29.7 Å². The van der Waals surface area contributed by atoms with Crippen molar-refractivity contribution in [1.29, 1.82) is 0 Å². The molecule has 6 nitrogen and oxygen atoms in total. The van der Waals surface area contributed by atoms with Crippen molar-refractivity contribution in [3.8, 4) is 11.5 Å². The van der Waals surface area contributed by atoms with Gasteiger partial charge in [0, 0.05) is 35.0 Å². The molecule has 0 N–H and O–H groups in total. The summed E-state index contributed by atoms with van der Waals surface area (Å²) in [6.07, 6.45) is 0.473. The van der Waals surface area contributed by atoms with Crippen molar-refractivity contribution in [2.75, 3.05) is 7.11 Å². The molecule has 0 aromatic heterocycles. The fourth-order valence-electron chi connectivity index (χ4n) is 3.63. The summed E-state index contributed by atoms with van der Waals surface area (Å²) in [5, 5.41) is 6.20. The molecule has 7 heteroatoms. The Morgan fingerprint density at radius 1 is 1.03 bits per heavy atom. The number of amides is 1. The number of methoxy groups -OCH3 is 1. The zero-order valence-corrected chi connectivity index (χ0v) is 19.2. The Labute approximate surface area is 194 Å². The molecule has 4 rings (SSSR count). The summed E-state index contributed by atoms with van der Waals surface area (Å²) in [7, 11) is 1.55. The third-order valence-electron chi connectivity index (χ3n) is 5.15. The van der Waals surface area contributed by atoms with E-state index in [2.05, 4.69) is 15.9 Å². The van der Waals surface area contributed by atoms with Crippen molar-refractivity contribution in [2.24, 2.45) is 5.10 Å². The van der Waals surface area contributed by atoms with E-state index in [0.717, 1.165) is 10.0 Å². The third kappa shape index (κ3) is 4.57. The Balaban J connectivity index is 1.77. The quantitative estimate of drug-likeness (QED) is 0.354. The van der Waals surface area contributed by atoms with Crippen LogP contribution in [0.5, 0.6) is 11.5 Å². The summed E-state index contributed by atoms with van der Waals surface area (Å²) in [5.74, 6) is 0.264. The summed E-state index contributed by atoms with van der Waals surface area (Å²) in [6.45, 7) is 1.34. The number of benzene rings is 3. The van der Waals surface area contributed by atoms with E-state index in [-0.39, 0.29) is 11.9 Å². The van der Waals surface area contributed by atoms with Gasteiger partial charge in [-0.3, -0.25) is 9.59 Å². The molecule has 0 radical (unpaired) electrons. The van der Waals surface area contributed by atoms with Gasteiger partial charge in [-0.2, -0.15) is 5.10 Å². The van der Waals surface area contributed by atoms with Crippen LogP contribution < -0.4 is 9.47 Å². The topological polar surface area (TPSA) is 68.2 Å². The van der Waals surface area contributed by atoms with Gasteiger partial charge in [0.2, 0.25) is 0 Å². The number of carbonyl (C=O) groups excluding carboxylic acids is 2. The molecular formula is C25H21BrN2O4. The predicted octanol–water partition coefficient (Wildman–Crippen LogP) is 5.37. The van der Waals surface area contributed by atoms with E-state index in [1.54, 1.807) is 37.4 Å². The van der Waals surface area contributed by atoms with Crippen LogP contribution in [0.3, 0.4) is 0 Å². The summed E-state index contributed by atoms with van der Waals surface area (Å²) in [6, 6.07) is 21.8. The summed E-state index contributed by atoms with van der Waals surface area (Å²) in [4.78, 5) is 25.0. The van der Waals surface area contributed by atoms with Crippen molar-refractivity contribution in [1.82, 2.24) is 5.01 Å². The maximum absolute atomic E-state index is 13.3. The Morgan fingerprint density at radius 2 is 1.75 bits per heavy atom. The molecule has 0 saturated heterocycles. The van der Waals surface area contributed by atoms with Crippen LogP contribution in [0.2, 0.25) is 0 Å². The van der Waals surface area contributed by atoms with Crippen LogP contribution in [-0.2, 0) is 4.79 Å². The zero-order valence-electron chi connectivity index (χ0n) is 17.6. The molecule has 162 valence electrons. The van der Waals surface area contributed by atoms with Gasteiger partial charge in [0.25, 0.3) is 5.91 Å². The summed E-state index contributed by atoms with van der Waals surface area (Å²) >= 11 is 3.46. The maximum atomic E-state index is 13.3. The van der Waals surface area contributed by atoms with Gasteiger partial charge in [-0.25, -0.2) is 5.01 Å². The highest BCUT2D eigenvalue weighted by atomic mass is 79.9. The Kier molecular flexibility index (Phi) is 6.37. The number of hydrazone groups is 1. The van der Waals surface area contributed by atoms with Crippen LogP contribution in [0.1, 0.15) is 40.9 Å². The molecule has 0 fully saturated rings. The van der Waals surface area contributed by atoms with Gasteiger partial charge in [0.15, 0.2) is 0 Å². The lowest BCUT2D eigenvalue weighted by molar-refractivity contribution is -0.131. The molecule has 0 saturated carbocycles. The van der Waals surface area contributed by atoms with Crippen molar-refractivity contribution in [3.63, 3.8) is 0 Å². The number of hydrogen-bond donors (Lipinski definition) is 0. The van der Waals surface area contributed by atoms with Gasteiger partial charge in [0.05, 0.1) is 18.9 Å². The second kappa shape index (κ2) is 9.36. The first-order chi connectivity index (χ1) is 15.5. The molecule has 0 unspecified atom stereocenters. The highest BCUT2D eigenvalue weighted by molar-refractivity contribution is 9.10. The van der Waals surface area contributed by atoms with Gasteiger partial charge in [-0.05, 0) is 42.0 Å². The number of esters is 1. The van der Waals surface area contributed by atoms with Crippen molar-refractivity contribution < 1.29 is 19.1 Å². The van der Waals surface area contributed by atoms with Crippen LogP contribution in [0, 0.1) is 0 Å². The normalized spacial score (nSPS) is 15.3. The molecule has 32 heavy (non-hydrogen) atoms. The molecule has 0 bridgehead atoms. The molecule has 1 aliphatic rings. The SMILES string of the molecule is COc1ccc(C2=NN(C(=O)c3ccccc3)[C@@H](c3ccc(Br)cc3)C2)c(OC(C)=O)c1. The molecule has 3 aromatic rings. The van der Waals surface area contributed by atoms with E-state index in [0.29, 0.717) is 34.8 Å². The first-order valence-electron chi connectivity index (χ1n) is 10.0. The fraction of sp³-hybridized carbons (Fsp3) is 0.160. The number of carbonyl (C=O) groups is 2. The molecular weight excluding hydrogens is 472 g/mol. The lowest BCUT2D eigenvalue weighted by Gasteiger charge is -2.22. The standard InChI is InChI=1S/C25H21BrN2O4/c1-16(29)32-24-14-20(31-2)12-13-21(24)22-15-23(17-8-10-19(26)11-9-17)28(27-22)25(30)18-6-4-3-5-7-18/h3-14,23H,15H2,1-2H3/t23-/m1/s1. The van der Waals surface area contributed by atoms with Crippen LogP contribution in [0.25, 0.3) is 0 Å². The van der Waals surface area contributed by atoms with Crippen LogP contribution in [0.4, 0.5) is 0 Å². The molecule has 3 aromatic carbocycles. The second-order valence-corrected chi connectivity index (χ2v) is 8.21. The summed E-state index contributed by atoms with van der Waals surface area (Å²) < 4.78 is 11.7. The Hall–Kier alpha value is -3.45. The van der Waals surface area contributed by atoms with Crippen molar-refractivity contribution in [2.45, 2.75) is 19.4 Å². The highest BCUT2D eigenvalue weighted by Crippen LogP contribution is 2.37. The number of ether oxygens (including phenoxy) is 2. The van der Waals surface area contributed by atoms with E-state index in [4.69, 9.17) is 14.6 Å². The van der Waals surface area contributed by atoms with Crippen LogP contribution in [0.15, 0.2) is 82.4 Å². The average molecular weight is 493 g/mol. The fourth-order valence-corrected chi connectivity index (χ4v) is 3.89. The Morgan fingerprint density at radius 3 is 2.41 bits per heavy atom. The summed E-state index contributed by atoms with van der Waals surface area (Å²) in [5.41, 5.74) is 2.81. The average Bonchev–Trinajstić information content (AvgIpc) is 3.24. The first kappa shape index (κ1) is 21.8. The number of nitrogens with zero attached hydrogens (tertiary/aromatic N) is 2. The minimum atomic E-state index is -0.445. The molecule has 1 heterocycles. The highest BCUT2D eigenvalue weighted by Gasteiger charge is 2.34. The number of halogens is 1. The van der Waals surface area contributed by atoms with Crippen LogP contribution >= 0.6 is 15.9 Å².